The van der Waals surface area contributed by atoms with Gasteiger partial charge in [0.15, 0.2) is 12.7 Å². The van der Waals surface area contributed by atoms with E-state index in [1.165, 1.54) is 17.0 Å². The van der Waals surface area contributed by atoms with Gasteiger partial charge in [-0.15, -0.1) is 0 Å². The van der Waals surface area contributed by atoms with Crippen LogP contribution in [0.5, 0.6) is 5.75 Å². The number of nitrogens with two attached hydrogens (primary N) is 1. The molecule has 0 heterocycles. The molecule has 37 heavy (non-hydrogen) atoms. The molecule has 7 nitrogen and oxygen atoms in total. The number of alkyl halides is 3. The van der Waals surface area contributed by atoms with Crippen LogP contribution in [-0.2, 0) is 33.5 Å². The summed E-state index contributed by atoms with van der Waals surface area (Å²) >= 11 is 0. The number of ether oxygens (including phenoxy) is 2. The molecule has 0 unspecified atom stereocenters. The van der Waals surface area contributed by atoms with Gasteiger partial charge < -0.3 is 25.2 Å². The molecular formula is C27H37F3N2O5. The normalized spacial score (nSPS) is 12.2. The number of carbonyl (C=O) groups is 2. The minimum Gasteiger partial charge on any atom is -0.484 e. The zero-order chi connectivity index (χ0) is 28.2. The smallest absolute Gasteiger partial charge is 0.416 e. The van der Waals surface area contributed by atoms with Gasteiger partial charge in [-0.3, -0.25) is 4.79 Å². The molecule has 0 aliphatic heterocycles. The van der Waals surface area contributed by atoms with Gasteiger partial charge in [-0.05, 0) is 70.0 Å². The summed E-state index contributed by atoms with van der Waals surface area (Å²) in [4.78, 5) is 25.1. The molecule has 0 fully saturated rings. The molecule has 0 radical (unpaired) electrons. The summed E-state index contributed by atoms with van der Waals surface area (Å²) in [6.07, 6.45) is -5.13. The Labute approximate surface area is 216 Å². The molecule has 0 aliphatic rings. The first-order valence-corrected chi connectivity index (χ1v) is 11.9. The predicted molar refractivity (Wildman–Crippen MR) is 135 cm³/mol. The Morgan fingerprint density at radius 3 is 1.92 bits per heavy atom. The Bertz CT molecular complexity index is 966. The molecule has 0 saturated heterocycles. The van der Waals surface area contributed by atoms with Gasteiger partial charge in [-0.2, -0.15) is 13.2 Å². The molecule has 2 rings (SSSR count). The SMILES string of the molecule is CC(C)(C)N.CCO[C@@H](Cc1ccc(OCC(=O)N(CC)Cc2ccc(C(F)(F)F)cc2)cc1)C(=O)O. The number of benzene rings is 2. The number of hydrogen-bond acceptors (Lipinski definition) is 5. The lowest BCUT2D eigenvalue weighted by molar-refractivity contribution is -0.150. The number of aliphatic carboxylic acids is 1. The quantitative estimate of drug-likeness (QED) is 0.432. The van der Waals surface area contributed by atoms with Crippen LogP contribution in [0.25, 0.3) is 0 Å². The van der Waals surface area contributed by atoms with Gasteiger partial charge >= 0.3 is 12.1 Å². The molecule has 2 aromatic carbocycles. The number of likely N-dealkylation sites (N-methyl/N-ethyl adjacent to an activating group) is 1. The fourth-order valence-corrected chi connectivity index (χ4v) is 2.99. The van der Waals surface area contributed by atoms with Crippen molar-refractivity contribution in [1.82, 2.24) is 4.90 Å². The van der Waals surface area contributed by atoms with Crippen LogP contribution in [0.15, 0.2) is 48.5 Å². The van der Waals surface area contributed by atoms with Crippen molar-refractivity contribution in [3.05, 3.63) is 65.2 Å². The van der Waals surface area contributed by atoms with E-state index < -0.39 is 23.8 Å². The van der Waals surface area contributed by atoms with E-state index in [0.29, 0.717) is 24.5 Å². The van der Waals surface area contributed by atoms with E-state index in [9.17, 15) is 22.8 Å². The Balaban J connectivity index is 0.00000124. The molecule has 10 heteroatoms. The number of hydrogen-bond donors (Lipinski definition) is 2. The maximum atomic E-state index is 12.7. The van der Waals surface area contributed by atoms with Crippen LogP contribution >= 0.6 is 0 Å². The lowest BCUT2D eigenvalue weighted by Crippen LogP contribution is -2.34. The van der Waals surface area contributed by atoms with E-state index in [1.54, 1.807) is 38.1 Å². The third-order valence-corrected chi connectivity index (χ3v) is 4.74. The van der Waals surface area contributed by atoms with Gasteiger partial charge in [0, 0.05) is 31.7 Å². The molecule has 1 atom stereocenters. The Kier molecular flexibility index (Phi) is 12.6. The molecule has 2 aromatic rings. The molecule has 0 bridgehead atoms. The molecule has 206 valence electrons. The monoisotopic (exact) mass is 526 g/mol. The summed E-state index contributed by atoms with van der Waals surface area (Å²) in [5, 5.41) is 9.15. The van der Waals surface area contributed by atoms with Crippen LogP contribution in [0.4, 0.5) is 13.2 Å². The third-order valence-electron chi connectivity index (χ3n) is 4.74. The number of rotatable bonds is 11. The van der Waals surface area contributed by atoms with Crippen molar-refractivity contribution in [2.24, 2.45) is 5.73 Å². The second-order valence-corrected chi connectivity index (χ2v) is 9.39. The molecule has 3 N–H and O–H groups in total. The largest absolute Gasteiger partial charge is 0.484 e. The van der Waals surface area contributed by atoms with E-state index >= 15 is 0 Å². The van der Waals surface area contributed by atoms with E-state index in [-0.39, 0.29) is 31.0 Å². The number of amides is 1. The van der Waals surface area contributed by atoms with E-state index in [1.807, 2.05) is 20.8 Å². The van der Waals surface area contributed by atoms with Gasteiger partial charge in [-0.1, -0.05) is 24.3 Å². The number of nitrogens with zero attached hydrogens (tertiary/aromatic N) is 1. The molecular weight excluding hydrogens is 489 g/mol. The maximum Gasteiger partial charge on any atom is 0.416 e. The molecule has 1 amide bonds. The first kappa shape index (κ1) is 31.9. The number of carboxylic acids is 1. The van der Waals surface area contributed by atoms with Crippen LogP contribution in [0.1, 0.15) is 51.3 Å². The minimum absolute atomic E-state index is 0. The maximum absolute atomic E-state index is 12.7. The molecule has 0 saturated carbocycles. The first-order chi connectivity index (χ1) is 17.1. The van der Waals surface area contributed by atoms with Crippen LogP contribution in [0, 0.1) is 0 Å². The van der Waals surface area contributed by atoms with Crippen molar-refractivity contribution in [2.75, 3.05) is 19.8 Å². The first-order valence-electron chi connectivity index (χ1n) is 11.9. The zero-order valence-electron chi connectivity index (χ0n) is 22.0. The molecule has 0 aliphatic carbocycles. The number of halogens is 3. The summed E-state index contributed by atoms with van der Waals surface area (Å²) in [6.45, 7) is 9.99. The summed E-state index contributed by atoms with van der Waals surface area (Å²) in [5.74, 6) is -0.903. The van der Waals surface area contributed by atoms with Crippen LogP contribution in [0.3, 0.4) is 0 Å². The molecule has 0 aromatic heterocycles. The highest BCUT2D eigenvalue weighted by Crippen LogP contribution is 2.29. The Hall–Kier alpha value is -3.11. The van der Waals surface area contributed by atoms with Gasteiger partial charge in [0.1, 0.15) is 5.75 Å². The van der Waals surface area contributed by atoms with Crippen molar-refractivity contribution in [3.63, 3.8) is 0 Å². The predicted octanol–water partition coefficient (Wildman–Crippen LogP) is 4.91. The van der Waals surface area contributed by atoms with Crippen LogP contribution in [0.2, 0.25) is 0 Å². The Morgan fingerprint density at radius 1 is 0.973 bits per heavy atom. The number of carbonyl (C=O) groups excluding carboxylic acids is 1. The second-order valence-electron chi connectivity index (χ2n) is 9.39. The Morgan fingerprint density at radius 2 is 1.49 bits per heavy atom. The van der Waals surface area contributed by atoms with Gasteiger partial charge in [-0.25, -0.2) is 4.79 Å². The average molecular weight is 527 g/mol. The lowest BCUT2D eigenvalue weighted by atomic mass is 10.1. The fraction of sp³-hybridized carbons (Fsp3) is 0.481. The zero-order valence-corrected chi connectivity index (χ0v) is 22.0. The van der Waals surface area contributed by atoms with E-state index in [2.05, 4.69) is 0 Å². The summed E-state index contributed by atoms with van der Waals surface area (Å²) in [6, 6.07) is 11.4. The summed E-state index contributed by atoms with van der Waals surface area (Å²) in [5.41, 5.74) is 5.95. The van der Waals surface area contributed by atoms with Gasteiger partial charge in [0.2, 0.25) is 0 Å². The van der Waals surface area contributed by atoms with Crippen molar-refractivity contribution in [1.29, 1.82) is 0 Å². The minimum atomic E-state index is -4.40. The van der Waals surface area contributed by atoms with E-state index in [4.69, 9.17) is 20.3 Å². The summed E-state index contributed by atoms with van der Waals surface area (Å²) in [7, 11) is 0. The topological polar surface area (TPSA) is 102 Å². The highest BCUT2D eigenvalue weighted by atomic mass is 19.4. The van der Waals surface area contributed by atoms with Gasteiger partial charge in [0.25, 0.3) is 5.91 Å². The molecule has 0 spiro atoms. The van der Waals surface area contributed by atoms with Gasteiger partial charge in [0.05, 0.1) is 5.56 Å². The van der Waals surface area contributed by atoms with E-state index in [0.717, 1.165) is 17.7 Å². The van der Waals surface area contributed by atoms with Crippen molar-refractivity contribution in [2.45, 2.75) is 65.4 Å². The third kappa shape index (κ3) is 13.1. The summed E-state index contributed by atoms with van der Waals surface area (Å²) < 4.78 is 48.8. The fourth-order valence-electron chi connectivity index (χ4n) is 2.99. The lowest BCUT2D eigenvalue weighted by Gasteiger charge is -2.21. The second kappa shape index (κ2) is 14.6. The van der Waals surface area contributed by atoms with Crippen molar-refractivity contribution >= 4 is 11.9 Å². The highest BCUT2D eigenvalue weighted by molar-refractivity contribution is 5.77. The average Bonchev–Trinajstić information content (AvgIpc) is 2.80. The van der Waals surface area contributed by atoms with Crippen molar-refractivity contribution < 1.29 is 37.3 Å². The number of carboxylic acid groups (broad SMARTS) is 1. The highest BCUT2D eigenvalue weighted by Gasteiger charge is 2.30. The standard InChI is InChI=1S/C23H26F3NO5.C4H11N/c1-3-27(14-17-5-9-18(10-6-17)23(24,25)26)21(28)15-32-19-11-7-16(8-12-19)13-20(22(29)30)31-4-2;1-4(2,3)5/h5-12,20H,3-4,13-15H2,1-2H3,(H,29,30);5H2,1-3H3/t20-;/m0./s1. The van der Waals surface area contributed by atoms with Crippen molar-refractivity contribution in [3.8, 4) is 5.75 Å². The van der Waals surface area contributed by atoms with Crippen LogP contribution < -0.4 is 10.5 Å². The van der Waals surface area contributed by atoms with Crippen LogP contribution in [-0.4, -0.2) is 53.3 Å².